The molecule has 0 atom stereocenters. The van der Waals surface area contributed by atoms with Crippen LogP contribution in [0.3, 0.4) is 0 Å². The number of aromatic nitrogens is 4. The minimum atomic E-state index is -4.59. The quantitative estimate of drug-likeness (QED) is 0.434. The molecule has 3 heterocycles. The summed E-state index contributed by atoms with van der Waals surface area (Å²) in [6.07, 6.45) is -0.997. The minimum absolute atomic E-state index is 0.0395. The number of rotatable bonds is 6. The Labute approximate surface area is 172 Å². The number of halogens is 4. The Hall–Kier alpha value is -3.77. The molecule has 31 heavy (non-hydrogen) atoms. The summed E-state index contributed by atoms with van der Waals surface area (Å²) >= 11 is 0. The minimum Gasteiger partial charge on any atom is -0.365 e. The van der Waals surface area contributed by atoms with Crippen LogP contribution in [0.5, 0.6) is 0 Å². The Morgan fingerprint density at radius 3 is 2.55 bits per heavy atom. The van der Waals surface area contributed by atoms with Crippen molar-refractivity contribution < 1.29 is 27.2 Å². The van der Waals surface area contributed by atoms with Gasteiger partial charge in [0.1, 0.15) is 29.4 Å². The lowest BCUT2D eigenvalue weighted by atomic mass is 10.0. The average molecular weight is 439 g/mol. The van der Waals surface area contributed by atoms with E-state index in [-0.39, 0.29) is 17.2 Å². The monoisotopic (exact) mass is 439 g/mol. The molecule has 0 bridgehead atoms. The van der Waals surface area contributed by atoms with Gasteiger partial charge in [-0.15, -0.1) is 0 Å². The van der Waals surface area contributed by atoms with Crippen LogP contribution in [0, 0.1) is 5.82 Å². The van der Waals surface area contributed by atoms with Crippen molar-refractivity contribution in [3.8, 4) is 11.4 Å². The third-order valence-electron chi connectivity index (χ3n) is 4.24. The van der Waals surface area contributed by atoms with Crippen LogP contribution < -0.4 is 16.4 Å². The van der Waals surface area contributed by atoms with Crippen molar-refractivity contribution >= 4 is 28.7 Å². The topological polar surface area (TPSA) is 139 Å². The summed E-state index contributed by atoms with van der Waals surface area (Å²) in [4.78, 5) is 39.0. The standard InChI is InChI=1S/C18H17F4N7O2/c1-17(2,16(31)27-7-18(20,21)22)29-15-11(12(23)30)6-26-14(28-15)10-5-25-13-9(10)3-8(19)4-24-13/h3-6H,7H2,1-2H3,(H2,23,30)(H,24,25)(H,27,31)(H,26,28,29). The number of aromatic amines is 1. The average Bonchev–Trinajstić information content (AvgIpc) is 3.07. The van der Waals surface area contributed by atoms with Gasteiger partial charge in [0.25, 0.3) is 5.91 Å². The molecular weight excluding hydrogens is 422 g/mol. The highest BCUT2D eigenvalue weighted by Gasteiger charge is 2.34. The van der Waals surface area contributed by atoms with E-state index in [9.17, 15) is 27.2 Å². The lowest BCUT2D eigenvalue weighted by Crippen LogP contribution is -2.50. The van der Waals surface area contributed by atoms with E-state index < -0.39 is 35.9 Å². The van der Waals surface area contributed by atoms with Gasteiger partial charge >= 0.3 is 6.18 Å². The van der Waals surface area contributed by atoms with Crippen LogP contribution in [0.2, 0.25) is 0 Å². The largest absolute Gasteiger partial charge is 0.405 e. The number of alkyl halides is 3. The molecule has 0 aliphatic carbocycles. The summed E-state index contributed by atoms with van der Waals surface area (Å²) in [7, 11) is 0. The van der Waals surface area contributed by atoms with Crippen molar-refractivity contribution in [2.45, 2.75) is 25.6 Å². The summed E-state index contributed by atoms with van der Waals surface area (Å²) in [5, 5.41) is 4.76. The molecular formula is C18H17F4N7O2. The smallest absolute Gasteiger partial charge is 0.365 e. The Morgan fingerprint density at radius 2 is 1.90 bits per heavy atom. The van der Waals surface area contributed by atoms with E-state index in [0.717, 1.165) is 12.4 Å². The number of carbonyl (C=O) groups excluding carboxylic acids is 2. The Balaban J connectivity index is 1.98. The number of carbonyl (C=O) groups is 2. The molecule has 13 heteroatoms. The number of pyridine rings is 1. The normalized spacial score (nSPS) is 12.1. The van der Waals surface area contributed by atoms with Gasteiger partial charge in [0.15, 0.2) is 5.82 Å². The van der Waals surface area contributed by atoms with Crippen LogP contribution in [0.15, 0.2) is 24.7 Å². The van der Waals surface area contributed by atoms with Crippen LogP contribution >= 0.6 is 0 Å². The number of nitrogens with zero attached hydrogens (tertiary/aromatic N) is 3. The van der Waals surface area contributed by atoms with Crippen molar-refractivity contribution in [2.75, 3.05) is 11.9 Å². The van der Waals surface area contributed by atoms with Gasteiger partial charge in [-0.05, 0) is 19.9 Å². The fourth-order valence-corrected chi connectivity index (χ4v) is 2.70. The molecule has 0 aromatic carbocycles. The van der Waals surface area contributed by atoms with Crippen molar-refractivity contribution in [3.63, 3.8) is 0 Å². The molecule has 5 N–H and O–H groups in total. The highest BCUT2D eigenvalue weighted by Crippen LogP contribution is 2.28. The summed E-state index contributed by atoms with van der Waals surface area (Å²) in [6.45, 7) is 1.08. The predicted molar refractivity (Wildman–Crippen MR) is 102 cm³/mol. The van der Waals surface area contributed by atoms with Crippen LogP contribution in [0.4, 0.5) is 23.4 Å². The molecule has 3 aromatic heterocycles. The Kier molecular flexibility index (Phi) is 5.53. The molecule has 0 aliphatic heterocycles. The van der Waals surface area contributed by atoms with Crippen LogP contribution in [-0.2, 0) is 4.79 Å². The first-order valence-electron chi connectivity index (χ1n) is 8.80. The zero-order chi connectivity index (χ0) is 23.0. The van der Waals surface area contributed by atoms with Gasteiger partial charge in [-0.1, -0.05) is 0 Å². The van der Waals surface area contributed by atoms with Gasteiger partial charge < -0.3 is 21.4 Å². The van der Waals surface area contributed by atoms with Crippen LogP contribution in [0.1, 0.15) is 24.2 Å². The van der Waals surface area contributed by atoms with E-state index in [1.54, 1.807) is 5.32 Å². The maximum Gasteiger partial charge on any atom is 0.405 e. The highest BCUT2D eigenvalue weighted by atomic mass is 19.4. The lowest BCUT2D eigenvalue weighted by Gasteiger charge is -2.27. The number of H-pyrrole nitrogens is 1. The fourth-order valence-electron chi connectivity index (χ4n) is 2.70. The number of hydrogen-bond acceptors (Lipinski definition) is 6. The third kappa shape index (κ3) is 4.87. The SMILES string of the molecule is CC(C)(Nc1nc(-c2c[nH]c3ncc(F)cc23)ncc1C(N)=O)C(=O)NCC(F)(F)F. The molecule has 0 spiro atoms. The second kappa shape index (κ2) is 7.81. The molecule has 3 aromatic rings. The van der Waals surface area contributed by atoms with E-state index in [1.807, 2.05) is 0 Å². The summed E-state index contributed by atoms with van der Waals surface area (Å²) in [6, 6.07) is 1.21. The van der Waals surface area contributed by atoms with Gasteiger partial charge in [0.05, 0.1) is 11.8 Å². The fraction of sp³-hybridized carbons (Fsp3) is 0.278. The van der Waals surface area contributed by atoms with Gasteiger partial charge in [-0.25, -0.2) is 19.3 Å². The summed E-state index contributed by atoms with van der Waals surface area (Å²) < 4.78 is 50.9. The molecule has 3 rings (SSSR count). The van der Waals surface area contributed by atoms with E-state index >= 15 is 0 Å². The number of nitrogens with two attached hydrogens (primary N) is 1. The zero-order valence-corrected chi connectivity index (χ0v) is 16.3. The Morgan fingerprint density at radius 1 is 1.19 bits per heavy atom. The highest BCUT2D eigenvalue weighted by molar-refractivity contribution is 5.99. The van der Waals surface area contributed by atoms with Crippen molar-refractivity contribution in [1.82, 2.24) is 25.3 Å². The maximum absolute atomic E-state index is 13.6. The first kappa shape index (κ1) is 21.9. The van der Waals surface area contributed by atoms with E-state index in [2.05, 4.69) is 25.3 Å². The summed E-state index contributed by atoms with van der Waals surface area (Å²) in [5.41, 5.74) is 4.25. The predicted octanol–water partition coefficient (Wildman–Crippen LogP) is 2.13. The molecule has 0 fully saturated rings. The van der Waals surface area contributed by atoms with Gasteiger partial charge in [-0.3, -0.25) is 9.59 Å². The molecule has 0 saturated heterocycles. The molecule has 2 amide bonds. The number of fused-ring (bicyclic) bond motifs is 1. The number of anilines is 1. The maximum atomic E-state index is 13.6. The van der Waals surface area contributed by atoms with Crippen molar-refractivity contribution in [2.24, 2.45) is 5.73 Å². The van der Waals surface area contributed by atoms with Crippen LogP contribution in [0.25, 0.3) is 22.4 Å². The number of nitrogens with one attached hydrogen (secondary N) is 3. The number of hydrogen-bond donors (Lipinski definition) is 4. The molecule has 164 valence electrons. The van der Waals surface area contributed by atoms with E-state index in [1.165, 1.54) is 26.1 Å². The number of primary amides is 1. The zero-order valence-electron chi connectivity index (χ0n) is 16.3. The lowest BCUT2D eigenvalue weighted by molar-refractivity contribution is -0.140. The molecule has 9 nitrogen and oxygen atoms in total. The van der Waals surface area contributed by atoms with E-state index in [0.29, 0.717) is 16.6 Å². The van der Waals surface area contributed by atoms with Crippen molar-refractivity contribution in [3.05, 3.63) is 36.0 Å². The molecule has 0 aliphatic rings. The van der Waals surface area contributed by atoms with Gasteiger partial charge in [-0.2, -0.15) is 13.2 Å². The second-order valence-electron chi connectivity index (χ2n) is 7.12. The molecule has 0 radical (unpaired) electrons. The van der Waals surface area contributed by atoms with Crippen LogP contribution in [-0.4, -0.2) is 50.0 Å². The number of amides is 2. The first-order chi connectivity index (χ1) is 14.4. The van der Waals surface area contributed by atoms with E-state index in [4.69, 9.17) is 5.73 Å². The second-order valence-corrected chi connectivity index (χ2v) is 7.12. The third-order valence-corrected chi connectivity index (χ3v) is 4.24. The van der Waals surface area contributed by atoms with Gasteiger partial charge in [0.2, 0.25) is 5.91 Å². The Bertz CT molecular complexity index is 1160. The molecule has 0 saturated carbocycles. The molecule has 0 unspecified atom stereocenters. The van der Waals surface area contributed by atoms with Gasteiger partial charge in [0, 0.05) is 23.3 Å². The first-order valence-corrected chi connectivity index (χ1v) is 8.80. The van der Waals surface area contributed by atoms with Crippen molar-refractivity contribution in [1.29, 1.82) is 0 Å². The summed E-state index contributed by atoms with van der Waals surface area (Å²) in [5.74, 6) is -2.64.